The third kappa shape index (κ3) is 3.17. The molecule has 0 aromatic carbocycles. The van der Waals surface area contributed by atoms with Gasteiger partial charge in [-0.05, 0) is 13.0 Å². The lowest BCUT2D eigenvalue weighted by molar-refractivity contribution is 0.483. The third-order valence-electron chi connectivity index (χ3n) is 2.34. The van der Waals surface area contributed by atoms with Crippen LogP contribution < -0.4 is 5.32 Å². The van der Waals surface area contributed by atoms with E-state index in [4.69, 9.17) is 8.83 Å². The first-order valence-corrected chi connectivity index (χ1v) is 5.76. The molecule has 0 unspecified atom stereocenters. The maximum Gasteiger partial charge on any atom is 0.250 e. The van der Waals surface area contributed by atoms with Crippen LogP contribution >= 0.6 is 0 Å². The van der Waals surface area contributed by atoms with Crippen LogP contribution in [0, 0.1) is 6.92 Å². The van der Waals surface area contributed by atoms with Gasteiger partial charge in [-0.3, -0.25) is 0 Å². The van der Waals surface area contributed by atoms with Crippen molar-refractivity contribution >= 4 is 0 Å². The van der Waals surface area contributed by atoms with Crippen LogP contribution in [0.15, 0.2) is 21.2 Å². The van der Waals surface area contributed by atoms with Gasteiger partial charge in [0.05, 0.1) is 5.56 Å². The SMILES string of the molecule is Cc1cc(-c2nnc(CCNC(C)C)o2)co1. The Morgan fingerprint density at radius 3 is 2.82 bits per heavy atom. The molecule has 0 amide bonds. The monoisotopic (exact) mass is 235 g/mol. The van der Waals surface area contributed by atoms with Crippen LogP contribution in [0.3, 0.4) is 0 Å². The molecule has 0 saturated heterocycles. The summed E-state index contributed by atoms with van der Waals surface area (Å²) in [6.45, 7) is 6.93. The number of rotatable bonds is 5. The molecule has 0 spiro atoms. The summed E-state index contributed by atoms with van der Waals surface area (Å²) >= 11 is 0. The van der Waals surface area contributed by atoms with Gasteiger partial charge in [-0.15, -0.1) is 10.2 Å². The molecule has 2 rings (SSSR count). The Bertz CT molecular complexity index is 474. The van der Waals surface area contributed by atoms with E-state index < -0.39 is 0 Å². The van der Waals surface area contributed by atoms with Crippen molar-refractivity contribution in [1.29, 1.82) is 0 Å². The van der Waals surface area contributed by atoms with Crippen LogP contribution in [0.1, 0.15) is 25.5 Å². The highest BCUT2D eigenvalue weighted by Crippen LogP contribution is 2.20. The predicted molar refractivity (Wildman–Crippen MR) is 63.6 cm³/mol. The Morgan fingerprint density at radius 1 is 1.35 bits per heavy atom. The fourth-order valence-electron chi connectivity index (χ4n) is 1.49. The van der Waals surface area contributed by atoms with Crippen LogP contribution in [0.5, 0.6) is 0 Å². The van der Waals surface area contributed by atoms with E-state index in [-0.39, 0.29) is 0 Å². The quantitative estimate of drug-likeness (QED) is 0.860. The Balaban J connectivity index is 1.96. The summed E-state index contributed by atoms with van der Waals surface area (Å²) in [6.07, 6.45) is 2.36. The van der Waals surface area contributed by atoms with Crippen molar-refractivity contribution in [2.45, 2.75) is 33.2 Å². The standard InChI is InChI=1S/C12H17N3O2/c1-8(2)13-5-4-11-14-15-12(17-11)10-6-9(3)16-7-10/h6-8,13H,4-5H2,1-3H3. The van der Waals surface area contributed by atoms with Gasteiger partial charge in [0.15, 0.2) is 0 Å². The number of furan rings is 1. The molecule has 0 aliphatic carbocycles. The number of hydrogen-bond donors (Lipinski definition) is 1. The number of hydrogen-bond acceptors (Lipinski definition) is 5. The molecule has 5 nitrogen and oxygen atoms in total. The van der Waals surface area contributed by atoms with Gasteiger partial charge in [-0.2, -0.15) is 0 Å². The van der Waals surface area contributed by atoms with Gasteiger partial charge in [-0.1, -0.05) is 13.8 Å². The molecule has 17 heavy (non-hydrogen) atoms. The topological polar surface area (TPSA) is 64.1 Å². The van der Waals surface area contributed by atoms with Gasteiger partial charge in [0, 0.05) is 19.0 Å². The highest BCUT2D eigenvalue weighted by molar-refractivity contribution is 5.50. The molecule has 0 saturated carbocycles. The van der Waals surface area contributed by atoms with Crippen molar-refractivity contribution in [2.75, 3.05) is 6.54 Å². The molecule has 0 radical (unpaired) electrons. The fraction of sp³-hybridized carbons (Fsp3) is 0.500. The lowest BCUT2D eigenvalue weighted by atomic mass is 10.3. The van der Waals surface area contributed by atoms with E-state index in [1.54, 1.807) is 6.26 Å². The first-order chi connectivity index (χ1) is 8.15. The first-order valence-electron chi connectivity index (χ1n) is 5.76. The van der Waals surface area contributed by atoms with Crippen LogP contribution in [-0.4, -0.2) is 22.8 Å². The molecule has 0 atom stereocenters. The number of aromatic nitrogens is 2. The molecule has 2 aromatic rings. The third-order valence-corrected chi connectivity index (χ3v) is 2.34. The Labute approximate surface area is 100 Å². The van der Waals surface area contributed by atoms with Gasteiger partial charge >= 0.3 is 0 Å². The largest absolute Gasteiger partial charge is 0.469 e. The van der Waals surface area contributed by atoms with Crippen molar-refractivity contribution in [1.82, 2.24) is 15.5 Å². The normalized spacial score (nSPS) is 11.3. The van der Waals surface area contributed by atoms with E-state index in [9.17, 15) is 0 Å². The van der Waals surface area contributed by atoms with Gasteiger partial charge in [-0.25, -0.2) is 0 Å². The van der Waals surface area contributed by atoms with E-state index >= 15 is 0 Å². The predicted octanol–water partition coefficient (Wildman–Crippen LogP) is 2.18. The average Bonchev–Trinajstić information content (AvgIpc) is 2.86. The summed E-state index contributed by atoms with van der Waals surface area (Å²) in [5.41, 5.74) is 0.832. The lowest BCUT2D eigenvalue weighted by Crippen LogP contribution is -2.25. The minimum atomic E-state index is 0.467. The van der Waals surface area contributed by atoms with Crippen LogP contribution in [0.2, 0.25) is 0 Å². The summed E-state index contributed by atoms with van der Waals surface area (Å²) in [6, 6.07) is 2.35. The van der Waals surface area contributed by atoms with Crippen molar-refractivity contribution in [3.63, 3.8) is 0 Å². The summed E-state index contributed by atoms with van der Waals surface area (Å²) in [4.78, 5) is 0. The minimum absolute atomic E-state index is 0.467. The van der Waals surface area contributed by atoms with Gasteiger partial charge < -0.3 is 14.2 Å². The lowest BCUT2D eigenvalue weighted by Gasteiger charge is -2.04. The molecule has 0 fully saturated rings. The second kappa shape index (κ2) is 5.14. The van der Waals surface area contributed by atoms with Gasteiger partial charge in [0.2, 0.25) is 5.89 Å². The second-order valence-corrected chi connectivity index (χ2v) is 4.31. The zero-order chi connectivity index (χ0) is 12.3. The van der Waals surface area contributed by atoms with Crippen molar-refractivity contribution in [3.05, 3.63) is 24.0 Å². The molecule has 1 N–H and O–H groups in total. The molecule has 5 heteroatoms. The van der Waals surface area contributed by atoms with E-state index in [0.717, 1.165) is 24.3 Å². The number of nitrogens with one attached hydrogen (secondary N) is 1. The number of aryl methyl sites for hydroxylation is 1. The zero-order valence-corrected chi connectivity index (χ0v) is 10.4. The Morgan fingerprint density at radius 2 is 2.18 bits per heavy atom. The molecule has 0 aliphatic rings. The maximum absolute atomic E-state index is 5.54. The fourth-order valence-corrected chi connectivity index (χ4v) is 1.49. The molecule has 0 aliphatic heterocycles. The van der Waals surface area contributed by atoms with E-state index in [0.29, 0.717) is 17.8 Å². The number of nitrogens with zero attached hydrogens (tertiary/aromatic N) is 2. The molecular formula is C12H17N3O2. The van der Waals surface area contributed by atoms with Crippen LogP contribution in [-0.2, 0) is 6.42 Å². The van der Waals surface area contributed by atoms with Crippen molar-refractivity contribution in [3.8, 4) is 11.5 Å². The average molecular weight is 235 g/mol. The van der Waals surface area contributed by atoms with Crippen molar-refractivity contribution < 1.29 is 8.83 Å². The first kappa shape index (κ1) is 11.9. The summed E-state index contributed by atoms with van der Waals surface area (Å²) in [5.74, 6) is 2.00. The Kier molecular flexibility index (Phi) is 3.58. The smallest absolute Gasteiger partial charge is 0.250 e. The van der Waals surface area contributed by atoms with Crippen LogP contribution in [0.4, 0.5) is 0 Å². The highest BCUT2D eigenvalue weighted by atomic mass is 16.4. The van der Waals surface area contributed by atoms with E-state index in [2.05, 4.69) is 29.4 Å². The summed E-state index contributed by atoms with van der Waals surface area (Å²) in [5, 5.41) is 11.3. The molecule has 2 aromatic heterocycles. The molecule has 2 heterocycles. The van der Waals surface area contributed by atoms with Gasteiger partial charge in [0.1, 0.15) is 12.0 Å². The summed E-state index contributed by atoms with van der Waals surface area (Å²) in [7, 11) is 0. The second-order valence-electron chi connectivity index (χ2n) is 4.31. The summed E-state index contributed by atoms with van der Waals surface area (Å²) < 4.78 is 10.7. The van der Waals surface area contributed by atoms with E-state index in [1.807, 2.05) is 13.0 Å². The minimum Gasteiger partial charge on any atom is -0.469 e. The van der Waals surface area contributed by atoms with Gasteiger partial charge in [0.25, 0.3) is 5.89 Å². The molecule has 0 bridgehead atoms. The molecule has 92 valence electrons. The molecular weight excluding hydrogens is 218 g/mol. The Hall–Kier alpha value is -1.62. The van der Waals surface area contributed by atoms with Crippen LogP contribution in [0.25, 0.3) is 11.5 Å². The zero-order valence-electron chi connectivity index (χ0n) is 10.4. The van der Waals surface area contributed by atoms with Crippen molar-refractivity contribution in [2.24, 2.45) is 0 Å². The highest BCUT2D eigenvalue weighted by Gasteiger charge is 2.10. The maximum atomic E-state index is 5.54. The van der Waals surface area contributed by atoms with E-state index in [1.165, 1.54) is 0 Å².